The summed E-state index contributed by atoms with van der Waals surface area (Å²) in [5, 5.41) is 11.2. The van der Waals surface area contributed by atoms with Gasteiger partial charge in [0.2, 0.25) is 5.91 Å². The minimum atomic E-state index is -0.425. The molecule has 3 N–H and O–H groups in total. The van der Waals surface area contributed by atoms with Gasteiger partial charge >= 0.3 is 0 Å². The van der Waals surface area contributed by atoms with Gasteiger partial charge in [0, 0.05) is 24.7 Å². The van der Waals surface area contributed by atoms with Crippen molar-refractivity contribution in [3.63, 3.8) is 0 Å². The van der Waals surface area contributed by atoms with Crippen LogP contribution in [-0.2, 0) is 4.79 Å². The van der Waals surface area contributed by atoms with Crippen molar-refractivity contribution in [2.24, 2.45) is 0 Å². The van der Waals surface area contributed by atoms with Gasteiger partial charge in [0.25, 0.3) is 5.56 Å². The smallest absolute Gasteiger partial charge is 0.290 e. The molecule has 0 unspecified atom stereocenters. The predicted octanol–water partition coefficient (Wildman–Crippen LogP) is 1.08. The number of aromatic amines is 1. The number of likely N-dealkylation sites (tertiary alicyclic amines) is 1. The van der Waals surface area contributed by atoms with Crippen molar-refractivity contribution >= 4 is 22.6 Å². The first-order valence-corrected chi connectivity index (χ1v) is 9.88. The Kier molecular flexibility index (Phi) is 5.55. The summed E-state index contributed by atoms with van der Waals surface area (Å²) in [6.07, 6.45) is 1.91. The van der Waals surface area contributed by atoms with Gasteiger partial charge in [0.1, 0.15) is 22.7 Å². The van der Waals surface area contributed by atoms with Gasteiger partial charge < -0.3 is 20.1 Å². The molecular formula is C22H22N6O4. The van der Waals surface area contributed by atoms with E-state index in [0.717, 1.165) is 0 Å². The van der Waals surface area contributed by atoms with Gasteiger partial charge in [-0.3, -0.25) is 14.3 Å². The SMILES string of the molecule is C=CC(=O)N1CC[C@H](n2nc(C#Cc3cc(OC)cc(OC)c3)c3c(N)n[nH]c(=O)c32)C1. The third-order valence-electron chi connectivity index (χ3n) is 5.33. The van der Waals surface area contributed by atoms with Crippen LogP contribution in [0.4, 0.5) is 5.82 Å². The Hall–Kier alpha value is -4.26. The minimum Gasteiger partial charge on any atom is -0.497 e. The van der Waals surface area contributed by atoms with Crippen LogP contribution < -0.4 is 20.8 Å². The molecule has 0 radical (unpaired) electrons. The van der Waals surface area contributed by atoms with Crippen LogP contribution in [0, 0.1) is 11.8 Å². The molecule has 10 nitrogen and oxygen atoms in total. The van der Waals surface area contributed by atoms with Crippen LogP contribution in [0.2, 0.25) is 0 Å². The molecule has 1 saturated heterocycles. The molecule has 0 saturated carbocycles. The Morgan fingerprint density at radius 1 is 1.28 bits per heavy atom. The van der Waals surface area contributed by atoms with Crippen LogP contribution in [0.15, 0.2) is 35.6 Å². The van der Waals surface area contributed by atoms with Crippen molar-refractivity contribution in [1.82, 2.24) is 24.9 Å². The molecule has 0 aliphatic carbocycles. The molecule has 1 aliphatic heterocycles. The highest BCUT2D eigenvalue weighted by atomic mass is 16.5. The Bertz CT molecular complexity index is 1310. The molecule has 1 aromatic carbocycles. The van der Waals surface area contributed by atoms with Gasteiger partial charge in [-0.05, 0) is 30.6 Å². The third kappa shape index (κ3) is 3.76. The maximum atomic E-state index is 12.6. The maximum absolute atomic E-state index is 12.6. The van der Waals surface area contributed by atoms with Gasteiger partial charge in [0.05, 0.1) is 25.6 Å². The van der Waals surface area contributed by atoms with Crippen LogP contribution in [-0.4, -0.2) is 58.1 Å². The molecule has 0 bridgehead atoms. The number of amides is 1. The van der Waals surface area contributed by atoms with Crippen LogP contribution in [0.5, 0.6) is 11.5 Å². The lowest BCUT2D eigenvalue weighted by atomic mass is 10.2. The molecular weight excluding hydrogens is 412 g/mol. The molecule has 32 heavy (non-hydrogen) atoms. The Morgan fingerprint density at radius 3 is 2.66 bits per heavy atom. The van der Waals surface area contributed by atoms with Gasteiger partial charge in [-0.1, -0.05) is 12.5 Å². The van der Waals surface area contributed by atoms with E-state index < -0.39 is 5.56 Å². The van der Waals surface area contributed by atoms with Crippen molar-refractivity contribution in [1.29, 1.82) is 0 Å². The lowest BCUT2D eigenvalue weighted by Crippen LogP contribution is -2.27. The maximum Gasteiger partial charge on any atom is 0.290 e. The van der Waals surface area contributed by atoms with Crippen molar-refractivity contribution < 1.29 is 14.3 Å². The molecule has 4 rings (SSSR count). The van der Waals surface area contributed by atoms with Crippen molar-refractivity contribution in [3.05, 3.63) is 52.5 Å². The van der Waals surface area contributed by atoms with E-state index in [-0.39, 0.29) is 23.3 Å². The Labute approximate surface area is 183 Å². The fourth-order valence-electron chi connectivity index (χ4n) is 3.75. The second-order valence-corrected chi connectivity index (χ2v) is 7.24. The first-order chi connectivity index (χ1) is 15.4. The quantitative estimate of drug-likeness (QED) is 0.464. The lowest BCUT2D eigenvalue weighted by molar-refractivity contribution is -0.125. The van der Waals surface area contributed by atoms with E-state index in [4.69, 9.17) is 15.2 Å². The Balaban J connectivity index is 1.80. The number of nitrogens with one attached hydrogen (secondary N) is 1. The third-order valence-corrected chi connectivity index (χ3v) is 5.33. The minimum absolute atomic E-state index is 0.121. The molecule has 10 heteroatoms. The average Bonchev–Trinajstić information content (AvgIpc) is 3.45. The summed E-state index contributed by atoms with van der Waals surface area (Å²) < 4.78 is 12.2. The predicted molar refractivity (Wildman–Crippen MR) is 119 cm³/mol. The van der Waals surface area contributed by atoms with E-state index in [1.54, 1.807) is 42.0 Å². The molecule has 3 heterocycles. The number of hydrogen-bond acceptors (Lipinski definition) is 7. The number of nitrogens with two attached hydrogens (primary N) is 1. The van der Waals surface area contributed by atoms with E-state index in [9.17, 15) is 9.59 Å². The van der Waals surface area contributed by atoms with Gasteiger partial charge in [0.15, 0.2) is 5.82 Å². The molecule has 1 amide bonds. The number of H-pyrrole nitrogens is 1. The zero-order chi connectivity index (χ0) is 22.8. The average molecular weight is 434 g/mol. The Morgan fingerprint density at radius 2 is 2.00 bits per heavy atom. The van der Waals surface area contributed by atoms with E-state index in [1.165, 1.54) is 6.08 Å². The van der Waals surface area contributed by atoms with Gasteiger partial charge in [-0.2, -0.15) is 10.2 Å². The van der Waals surface area contributed by atoms with Gasteiger partial charge in [-0.25, -0.2) is 5.10 Å². The van der Waals surface area contributed by atoms with Crippen molar-refractivity contribution in [2.45, 2.75) is 12.5 Å². The van der Waals surface area contributed by atoms with Gasteiger partial charge in [-0.15, -0.1) is 0 Å². The fourth-order valence-corrected chi connectivity index (χ4v) is 3.75. The number of nitrogen functional groups attached to an aromatic ring is 1. The first-order valence-electron chi connectivity index (χ1n) is 9.88. The number of fused-ring (bicyclic) bond motifs is 1. The number of rotatable bonds is 4. The number of methoxy groups -OCH3 is 2. The molecule has 3 aromatic rings. The highest BCUT2D eigenvalue weighted by molar-refractivity contribution is 5.92. The number of hydrogen-bond donors (Lipinski definition) is 2. The first kappa shape index (κ1) is 21.0. The fraction of sp³-hybridized carbons (Fsp3) is 0.273. The van der Waals surface area contributed by atoms with E-state index >= 15 is 0 Å². The van der Waals surface area contributed by atoms with E-state index in [1.807, 2.05) is 0 Å². The van der Waals surface area contributed by atoms with Crippen molar-refractivity contribution in [3.8, 4) is 23.3 Å². The topological polar surface area (TPSA) is 128 Å². The summed E-state index contributed by atoms with van der Waals surface area (Å²) in [7, 11) is 3.11. The molecule has 0 spiro atoms. The number of aromatic nitrogens is 4. The summed E-state index contributed by atoms with van der Waals surface area (Å²) in [5.41, 5.74) is 6.90. The second-order valence-electron chi connectivity index (χ2n) is 7.24. The van der Waals surface area contributed by atoms with Crippen LogP contribution in [0.3, 0.4) is 0 Å². The van der Waals surface area contributed by atoms with Crippen LogP contribution >= 0.6 is 0 Å². The van der Waals surface area contributed by atoms with E-state index in [2.05, 4.69) is 33.7 Å². The molecule has 1 aliphatic rings. The number of nitrogens with zero attached hydrogens (tertiary/aromatic N) is 4. The normalized spacial score (nSPS) is 15.3. The highest BCUT2D eigenvalue weighted by Gasteiger charge is 2.30. The summed E-state index contributed by atoms with van der Waals surface area (Å²) in [5.74, 6) is 7.18. The molecule has 1 fully saturated rings. The molecule has 2 aromatic heterocycles. The van der Waals surface area contributed by atoms with Crippen molar-refractivity contribution in [2.75, 3.05) is 33.0 Å². The number of ether oxygens (including phenoxy) is 2. The summed E-state index contributed by atoms with van der Waals surface area (Å²) in [6, 6.07) is 5.07. The standard InChI is InChI=1S/C22H22N6O4/c1-4-18(29)27-8-7-14(12-27)28-20-19(21(23)24-25-22(20)30)17(26-28)6-5-13-9-15(31-2)11-16(10-13)32-3/h4,9-11,14H,1,7-8,12H2,2-3H3,(H2,23,24)(H,25,30)/t14-/m0/s1. The lowest BCUT2D eigenvalue weighted by Gasteiger charge is -2.14. The molecule has 164 valence electrons. The highest BCUT2D eigenvalue weighted by Crippen LogP contribution is 2.28. The number of carbonyl (C=O) groups is 1. The monoisotopic (exact) mass is 434 g/mol. The summed E-state index contributed by atoms with van der Waals surface area (Å²) >= 11 is 0. The largest absolute Gasteiger partial charge is 0.497 e. The van der Waals surface area contributed by atoms with Crippen LogP contribution in [0.1, 0.15) is 23.7 Å². The second kappa shape index (κ2) is 8.47. The summed E-state index contributed by atoms with van der Waals surface area (Å²) in [4.78, 5) is 26.3. The number of anilines is 1. The van der Waals surface area contributed by atoms with Crippen LogP contribution in [0.25, 0.3) is 10.9 Å². The zero-order valence-corrected chi connectivity index (χ0v) is 17.7. The number of carbonyl (C=O) groups excluding carboxylic acids is 1. The van der Waals surface area contributed by atoms with E-state index in [0.29, 0.717) is 47.7 Å². The zero-order valence-electron chi connectivity index (χ0n) is 17.7. The summed E-state index contributed by atoms with van der Waals surface area (Å²) in [6.45, 7) is 4.48. The molecule has 1 atom stereocenters. The number of benzene rings is 1.